The van der Waals surface area contributed by atoms with E-state index in [1.54, 1.807) is 64.2 Å². The van der Waals surface area contributed by atoms with Gasteiger partial charge in [0.1, 0.15) is 57.5 Å². The highest BCUT2D eigenvalue weighted by Crippen LogP contribution is 2.36. The number of pyridine rings is 6. The molecule has 3 N–H and O–H groups in total. The van der Waals surface area contributed by atoms with E-state index in [4.69, 9.17) is 33.6 Å². The third-order valence-corrected chi connectivity index (χ3v) is 18.8. The van der Waals surface area contributed by atoms with Crippen molar-refractivity contribution in [3.8, 4) is 11.5 Å². The molecule has 14 aromatic rings. The van der Waals surface area contributed by atoms with Crippen LogP contribution in [0.5, 0.6) is 11.5 Å². The van der Waals surface area contributed by atoms with Crippen LogP contribution in [0.1, 0.15) is 119 Å². The first-order valence-electron chi connectivity index (χ1n) is 37.4. The summed E-state index contributed by atoms with van der Waals surface area (Å²) in [4.78, 5) is 154. The number of esters is 3. The highest BCUT2D eigenvalue weighted by molar-refractivity contribution is 7.88. The lowest BCUT2D eigenvalue weighted by Crippen LogP contribution is -2.35. The molecule has 0 bridgehead atoms. The Balaban J connectivity index is 0.000000159. The molecule has 0 unspecified atom stereocenters. The highest BCUT2D eigenvalue weighted by atomic mass is 32.2. The molecular formula is C84H79F3N16O18S. The van der Waals surface area contributed by atoms with Crippen molar-refractivity contribution >= 4 is 83.5 Å². The summed E-state index contributed by atoms with van der Waals surface area (Å²) in [5.74, 6) is -4.82. The molecule has 34 nitrogen and oxygen atoms in total. The summed E-state index contributed by atoms with van der Waals surface area (Å²) in [7, 11) is -6.27. The number of benzene rings is 4. The maximum Gasteiger partial charge on any atom is 0.534 e. The van der Waals surface area contributed by atoms with Gasteiger partial charge in [-0.2, -0.15) is 21.6 Å². The van der Waals surface area contributed by atoms with E-state index in [-0.39, 0.29) is 79.7 Å². The van der Waals surface area contributed by atoms with E-state index >= 15 is 0 Å². The normalized spacial score (nSPS) is 11.1. The number of anilines is 2. The van der Waals surface area contributed by atoms with Crippen LogP contribution in [-0.4, -0.2) is 126 Å². The zero-order valence-electron chi connectivity index (χ0n) is 67.0. The maximum absolute atomic E-state index is 13.5. The number of aromatic nitrogens is 14. The van der Waals surface area contributed by atoms with Crippen molar-refractivity contribution < 1.29 is 78.8 Å². The molecule has 38 heteroatoms. The predicted octanol–water partition coefficient (Wildman–Crippen LogP) is 10.0. The van der Waals surface area contributed by atoms with Gasteiger partial charge in [-0.05, 0) is 108 Å². The fourth-order valence-electron chi connectivity index (χ4n) is 11.9. The average molecular weight is 1690 g/mol. The van der Waals surface area contributed by atoms with E-state index in [1.807, 2.05) is 142 Å². The summed E-state index contributed by atoms with van der Waals surface area (Å²) in [6, 6.07) is 46.1. The Kier molecular flexibility index (Phi) is 28.7. The van der Waals surface area contributed by atoms with Crippen LogP contribution >= 0.6 is 0 Å². The van der Waals surface area contributed by atoms with Crippen LogP contribution in [0, 0.1) is 41.5 Å². The van der Waals surface area contributed by atoms with Crippen molar-refractivity contribution in [3.63, 3.8) is 0 Å². The van der Waals surface area contributed by atoms with E-state index in [0.717, 1.165) is 66.1 Å². The molecule has 0 saturated carbocycles. The first-order chi connectivity index (χ1) is 58.6. The van der Waals surface area contributed by atoms with E-state index < -0.39 is 83.9 Å². The molecular weight excluding hydrogens is 1610 g/mol. The van der Waals surface area contributed by atoms with Crippen molar-refractivity contribution in [3.05, 3.63) is 315 Å². The van der Waals surface area contributed by atoms with Gasteiger partial charge in [0.05, 0.1) is 75.5 Å². The lowest BCUT2D eigenvalue weighted by Gasteiger charge is -2.18. The zero-order valence-corrected chi connectivity index (χ0v) is 67.8. The van der Waals surface area contributed by atoms with Gasteiger partial charge in [-0.15, -0.1) is 18.9 Å². The molecule has 14 rings (SSSR count). The summed E-state index contributed by atoms with van der Waals surface area (Å²) >= 11 is 0. The first kappa shape index (κ1) is 87.7. The number of hydrogen-bond acceptors (Lipinski definition) is 30. The second-order valence-corrected chi connectivity index (χ2v) is 27.8. The molecule has 0 atom stereocenters. The van der Waals surface area contributed by atoms with Gasteiger partial charge in [-0.25, -0.2) is 54.3 Å². The van der Waals surface area contributed by atoms with Crippen LogP contribution in [-0.2, 0) is 63.8 Å². The fraction of sp³-hybridized carbons (Fsp3) is 0.226. The fourth-order valence-corrected chi connectivity index (χ4v) is 12.4. The standard InChI is InChI=1S/C25H25N5O4.C22H21N5O2.C19H16F3N3O7S.C18H17N3O5/c1-4-33-25(32)21-22(27-13-19-11-10-16(2)26-12-19)20-17(3)28-15-29-23(20)30(24(21)31)34-14-18-8-6-5-7-9-18;1-15-8-9-18(11-23-15)12-24-19-10-20(28)27(22-21(19)16(2)25-14-26-22)29-13-17-6-4-3-5-7-17;1-3-30-18(27)14-15(32-33(28,29)19(20,21)22)13-11(2)23-10-24-16(13)25(17(14)26)31-9-12-7-5-4-6-8-12;1-3-25-18(24)14-15(22)13-11(2)19-10-20-16(13)21(17(14)23)26-9-12-7-5-4-6-8-12/h5-12,15,27H,4,13-14H2,1-3H3;3-11,14,24H,12-13H2,1-2H3;4-8,10H,3,9H2,1-2H3;4-8,10,22H,3,9H2,1-2H3. The van der Waals surface area contributed by atoms with Crippen LogP contribution in [0.25, 0.3) is 44.1 Å². The molecule has 10 heterocycles. The Labute approximate surface area is 692 Å². The number of alkyl halides is 3. The second-order valence-electron chi connectivity index (χ2n) is 26.3. The van der Waals surface area contributed by atoms with E-state index in [0.29, 0.717) is 57.2 Å². The summed E-state index contributed by atoms with van der Waals surface area (Å²) in [5.41, 5.74) is -0.784. The maximum atomic E-state index is 13.5. The number of nitrogens with zero attached hydrogens (tertiary/aromatic N) is 14. The van der Waals surface area contributed by atoms with Gasteiger partial charge in [-0.3, -0.25) is 29.1 Å². The van der Waals surface area contributed by atoms with Gasteiger partial charge in [0.15, 0.2) is 45.0 Å². The number of nitrogens with one attached hydrogen (secondary N) is 2. The molecule has 4 aromatic carbocycles. The number of hydrogen-bond donors (Lipinski definition) is 3. The van der Waals surface area contributed by atoms with Crippen molar-refractivity contribution in [2.45, 2.75) is 107 Å². The van der Waals surface area contributed by atoms with Gasteiger partial charge >= 0.3 is 50.2 Å². The number of aryl methyl sites for hydroxylation is 6. The minimum atomic E-state index is -6.27. The number of carbonyl (C=O) groups is 3. The van der Waals surface area contributed by atoms with Crippen LogP contribution in [0.3, 0.4) is 0 Å². The summed E-state index contributed by atoms with van der Waals surface area (Å²) in [6.07, 6.45) is 8.58. The number of carbonyl (C=O) groups excluding carboxylic acids is 3. The average Bonchev–Trinajstić information content (AvgIpc) is 0.748. The third kappa shape index (κ3) is 20.7. The van der Waals surface area contributed by atoms with Crippen molar-refractivity contribution in [1.82, 2.24) is 68.8 Å². The first-order valence-corrected chi connectivity index (χ1v) is 38.8. The highest BCUT2D eigenvalue weighted by Gasteiger charge is 2.50. The largest absolute Gasteiger partial charge is 0.534 e. The van der Waals surface area contributed by atoms with Crippen molar-refractivity contribution in [1.29, 1.82) is 0 Å². The molecule has 0 spiro atoms. The minimum absolute atomic E-state index is 0.0604. The van der Waals surface area contributed by atoms with Crippen LogP contribution in [0.4, 0.5) is 24.5 Å². The van der Waals surface area contributed by atoms with Gasteiger partial charge in [0.2, 0.25) is 0 Å². The van der Waals surface area contributed by atoms with Crippen molar-refractivity contribution in [2.24, 2.45) is 0 Å². The molecule has 10 aromatic heterocycles. The van der Waals surface area contributed by atoms with Gasteiger partial charge in [0.25, 0.3) is 5.56 Å². The monoisotopic (exact) mass is 1690 g/mol. The Morgan fingerprint density at radius 1 is 0.410 bits per heavy atom. The Morgan fingerprint density at radius 2 is 0.754 bits per heavy atom. The predicted molar refractivity (Wildman–Crippen MR) is 439 cm³/mol. The number of ether oxygens (including phenoxy) is 3. The molecule has 0 saturated heterocycles. The van der Waals surface area contributed by atoms with Crippen LogP contribution in [0.15, 0.2) is 209 Å². The van der Waals surface area contributed by atoms with E-state index in [1.165, 1.54) is 43.6 Å². The summed E-state index contributed by atoms with van der Waals surface area (Å²) in [6.45, 7) is 16.1. The minimum Gasteiger partial charge on any atom is -0.506 e. The number of rotatable bonds is 26. The van der Waals surface area contributed by atoms with Gasteiger partial charge in [-0.1, -0.05) is 133 Å². The topological polar surface area (TPSA) is 420 Å². The molecule has 0 amide bonds. The van der Waals surface area contributed by atoms with Crippen LogP contribution < -0.4 is 56.4 Å². The Hall–Kier alpha value is -15.1. The lowest BCUT2D eigenvalue weighted by molar-refractivity contribution is -0.0500. The quantitative estimate of drug-likeness (QED) is 0.0196. The number of aromatic hydroxyl groups is 1. The molecule has 0 aliphatic carbocycles. The summed E-state index contributed by atoms with van der Waals surface area (Å²) in [5, 5.41) is 18.0. The SMILES string of the molecule is CCOC(=O)c1c(NCc2ccc(C)nc2)c2c(C)ncnc2n(OCc2ccccc2)c1=O.CCOC(=O)c1c(O)c2c(C)ncnc2n(OCc2ccccc2)c1=O.CCOC(=O)c1c(OS(=O)(=O)C(F)(F)F)c2c(C)ncnc2n(OCc2ccccc2)c1=O.Cc1ccc(CNc2cc(=O)n(OCc3ccccc3)c3ncnc(C)c23)cn1. The van der Waals surface area contributed by atoms with E-state index in [2.05, 4.69) is 64.7 Å². The molecule has 0 fully saturated rings. The number of halogens is 3. The molecule has 122 heavy (non-hydrogen) atoms. The molecule has 0 aliphatic rings. The van der Waals surface area contributed by atoms with Crippen LogP contribution in [0.2, 0.25) is 0 Å². The Bertz CT molecular complexity index is 6500. The van der Waals surface area contributed by atoms with Crippen molar-refractivity contribution in [2.75, 3.05) is 30.5 Å². The summed E-state index contributed by atoms with van der Waals surface area (Å²) < 4.78 is 85.4. The van der Waals surface area contributed by atoms with Gasteiger partial charge in [0, 0.05) is 42.9 Å². The molecule has 0 radical (unpaired) electrons. The van der Waals surface area contributed by atoms with Gasteiger partial charge < -0.3 is 53.5 Å². The van der Waals surface area contributed by atoms with E-state index in [9.17, 15) is 60.3 Å². The molecule has 630 valence electrons. The smallest absolute Gasteiger partial charge is 0.506 e. The third-order valence-electron chi connectivity index (χ3n) is 17.8. The zero-order chi connectivity index (χ0) is 87.4. The molecule has 0 aliphatic heterocycles. The number of fused-ring (bicyclic) bond motifs is 4. The second kappa shape index (κ2) is 39.9. The Morgan fingerprint density at radius 3 is 1.16 bits per heavy atom. The lowest BCUT2D eigenvalue weighted by atomic mass is 10.1.